The Morgan fingerprint density at radius 2 is 1.76 bits per heavy atom. The van der Waals surface area contributed by atoms with E-state index in [2.05, 4.69) is 15.8 Å². The first-order valence-corrected chi connectivity index (χ1v) is 6.54. The maximum absolute atomic E-state index is 10.7. The Labute approximate surface area is 127 Å². The van der Waals surface area contributed by atoms with Crippen LogP contribution in [0.2, 0.25) is 0 Å². The molecular formula is C15H13N3O2S. The summed E-state index contributed by atoms with van der Waals surface area (Å²) in [6, 6.07) is 15.9. The van der Waals surface area contributed by atoms with Crippen LogP contribution in [0.4, 0.5) is 5.69 Å². The van der Waals surface area contributed by atoms with Crippen molar-refractivity contribution >= 4 is 35.2 Å². The van der Waals surface area contributed by atoms with Crippen LogP contribution in [0.3, 0.4) is 0 Å². The number of carbonyl (C=O) groups is 1. The van der Waals surface area contributed by atoms with Crippen LogP contribution in [0.5, 0.6) is 0 Å². The number of nitrogens with zero attached hydrogens (tertiary/aromatic N) is 1. The molecule has 0 aliphatic carbocycles. The van der Waals surface area contributed by atoms with Crippen molar-refractivity contribution in [1.82, 2.24) is 5.43 Å². The van der Waals surface area contributed by atoms with Crippen LogP contribution >= 0.6 is 12.2 Å². The minimum atomic E-state index is -0.954. The molecule has 0 fully saturated rings. The summed E-state index contributed by atoms with van der Waals surface area (Å²) < 4.78 is 0. The maximum atomic E-state index is 10.7. The Morgan fingerprint density at radius 3 is 2.38 bits per heavy atom. The SMILES string of the molecule is O=C(O)c1ccc(/C=N/NC(=S)Nc2ccccc2)cc1. The summed E-state index contributed by atoms with van der Waals surface area (Å²) in [5, 5.41) is 16.1. The molecule has 0 saturated carbocycles. The normalized spacial score (nSPS) is 10.3. The van der Waals surface area contributed by atoms with Crippen LogP contribution in [0.15, 0.2) is 59.7 Å². The third kappa shape index (κ3) is 4.70. The molecule has 0 saturated heterocycles. The van der Waals surface area contributed by atoms with E-state index in [1.165, 1.54) is 12.1 Å². The molecule has 2 aromatic rings. The first-order valence-electron chi connectivity index (χ1n) is 6.13. The lowest BCUT2D eigenvalue weighted by atomic mass is 10.1. The van der Waals surface area contributed by atoms with Crippen LogP contribution in [0.25, 0.3) is 0 Å². The van der Waals surface area contributed by atoms with Gasteiger partial charge < -0.3 is 10.4 Å². The second-order valence-electron chi connectivity index (χ2n) is 4.12. The summed E-state index contributed by atoms with van der Waals surface area (Å²) in [5.41, 5.74) is 4.57. The van der Waals surface area contributed by atoms with Crippen molar-refractivity contribution in [3.63, 3.8) is 0 Å². The quantitative estimate of drug-likeness (QED) is 0.460. The van der Waals surface area contributed by atoms with Crippen molar-refractivity contribution in [2.45, 2.75) is 0 Å². The summed E-state index contributed by atoms with van der Waals surface area (Å²) >= 11 is 5.09. The van der Waals surface area contributed by atoms with Crippen LogP contribution in [-0.2, 0) is 0 Å². The zero-order valence-corrected chi connectivity index (χ0v) is 11.8. The zero-order chi connectivity index (χ0) is 15.1. The molecule has 2 rings (SSSR count). The van der Waals surface area contributed by atoms with Crippen LogP contribution in [-0.4, -0.2) is 22.4 Å². The third-order valence-electron chi connectivity index (χ3n) is 2.57. The Morgan fingerprint density at radius 1 is 1.10 bits per heavy atom. The van der Waals surface area contributed by atoms with Gasteiger partial charge in [0.05, 0.1) is 11.8 Å². The molecule has 0 spiro atoms. The molecule has 6 heteroatoms. The van der Waals surface area contributed by atoms with Crippen LogP contribution in [0, 0.1) is 0 Å². The van der Waals surface area contributed by atoms with Crippen molar-refractivity contribution < 1.29 is 9.90 Å². The van der Waals surface area contributed by atoms with E-state index in [9.17, 15) is 4.79 Å². The van der Waals surface area contributed by atoms with Gasteiger partial charge in [0.15, 0.2) is 5.11 Å². The van der Waals surface area contributed by atoms with E-state index in [0.717, 1.165) is 11.3 Å². The highest BCUT2D eigenvalue weighted by Gasteiger charge is 2.00. The Kier molecular flexibility index (Phi) is 5.00. The lowest BCUT2D eigenvalue weighted by Crippen LogP contribution is -2.23. The van der Waals surface area contributed by atoms with E-state index in [0.29, 0.717) is 5.11 Å². The fourth-order valence-electron chi connectivity index (χ4n) is 1.56. The standard InChI is InChI=1S/C15H13N3O2S/c19-14(20)12-8-6-11(7-9-12)10-16-18-15(21)17-13-4-2-1-3-5-13/h1-10H,(H,19,20)(H2,17,18,21)/b16-10+. The molecule has 0 amide bonds. The third-order valence-corrected chi connectivity index (χ3v) is 2.76. The lowest BCUT2D eigenvalue weighted by Gasteiger charge is -2.06. The number of anilines is 1. The van der Waals surface area contributed by atoms with Crippen molar-refractivity contribution in [2.75, 3.05) is 5.32 Å². The predicted molar refractivity (Wildman–Crippen MR) is 86.8 cm³/mol. The summed E-state index contributed by atoms with van der Waals surface area (Å²) in [5.74, 6) is -0.954. The van der Waals surface area contributed by atoms with Gasteiger partial charge in [-0.1, -0.05) is 30.3 Å². The van der Waals surface area contributed by atoms with Crippen molar-refractivity contribution in [3.8, 4) is 0 Å². The number of aromatic carboxylic acids is 1. The molecule has 0 aliphatic heterocycles. The van der Waals surface area contributed by atoms with Gasteiger partial charge in [0.25, 0.3) is 0 Å². The zero-order valence-electron chi connectivity index (χ0n) is 11.0. The topological polar surface area (TPSA) is 73.7 Å². The number of rotatable bonds is 4. The second kappa shape index (κ2) is 7.16. The van der Waals surface area contributed by atoms with Gasteiger partial charge in [0.1, 0.15) is 0 Å². The van der Waals surface area contributed by atoms with Crippen molar-refractivity contribution in [1.29, 1.82) is 0 Å². The smallest absolute Gasteiger partial charge is 0.335 e. The first kappa shape index (κ1) is 14.7. The van der Waals surface area contributed by atoms with E-state index in [-0.39, 0.29) is 5.56 Å². The van der Waals surface area contributed by atoms with Gasteiger partial charge in [0, 0.05) is 5.69 Å². The number of hydrogen-bond acceptors (Lipinski definition) is 3. The summed E-state index contributed by atoms with van der Waals surface area (Å²) in [7, 11) is 0. The number of carboxylic acid groups (broad SMARTS) is 1. The fraction of sp³-hybridized carbons (Fsp3) is 0. The van der Waals surface area contributed by atoms with Crippen molar-refractivity contribution in [3.05, 3.63) is 65.7 Å². The monoisotopic (exact) mass is 299 g/mol. The molecule has 3 N–H and O–H groups in total. The number of thiocarbonyl (C=S) groups is 1. The first-order chi connectivity index (χ1) is 10.1. The fourth-order valence-corrected chi connectivity index (χ4v) is 1.73. The van der Waals surface area contributed by atoms with Crippen LogP contribution < -0.4 is 10.7 Å². The molecule has 0 aromatic heterocycles. The number of hydrogen-bond donors (Lipinski definition) is 3. The van der Waals surface area contributed by atoms with Crippen molar-refractivity contribution in [2.24, 2.45) is 5.10 Å². The number of para-hydroxylation sites is 1. The molecule has 0 radical (unpaired) electrons. The predicted octanol–water partition coefficient (Wildman–Crippen LogP) is 2.71. The number of hydrazone groups is 1. The number of carboxylic acids is 1. The molecule has 5 nitrogen and oxygen atoms in total. The molecule has 2 aromatic carbocycles. The molecule has 0 atom stereocenters. The number of nitrogens with one attached hydrogen (secondary N) is 2. The van der Waals surface area contributed by atoms with Gasteiger partial charge in [-0.25, -0.2) is 4.79 Å². The molecular weight excluding hydrogens is 286 g/mol. The summed E-state index contributed by atoms with van der Waals surface area (Å²) in [6.45, 7) is 0. The Balaban J connectivity index is 1.87. The Hall–Kier alpha value is -2.73. The molecule has 0 bridgehead atoms. The minimum absolute atomic E-state index is 0.237. The lowest BCUT2D eigenvalue weighted by molar-refractivity contribution is 0.0697. The molecule has 0 unspecified atom stereocenters. The van der Waals surface area contributed by atoms with Gasteiger partial charge >= 0.3 is 5.97 Å². The second-order valence-corrected chi connectivity index (χ2v) is 4.53. The summed E-state index contributed by atoms with van der Waals surface area (Å²) in [6.07, 6.45) is 1.56. The highest BCUT2D eigenvalue weighted by molar-refractivity contribution is 7.80. The van der Waals surface area contributed by atoms with Gasteiger partial charge in [-0.05, 0) is 42.0 Å². The average Bonchev–Trinajstić information content (AvgIpc) is 2.49. The number of benzene rings is 2. The molecule has 21 heavy (non-hydrogen) atoms. The van der Waals surface area contributed by atoms with E-state index in [1.807, 2.05) is 30.3 Å². The Bertz CT molecular complexity index is 654. The van der Waals surface area contributed by atoms with E-state index in [1.54, 1.807) is 18.3 Å². The van der Waals surface area contributed by atoms with Gasteiger partial charge in [0.2, 0.25) is 0 Å². The van der Waals surface area contributed by atoms with Crippen LogP contribution in [0.1, 0.15) is 15.9 Å². The highest BCUT2D eigenvalue weighted by Crippen LogP contribution is 2.04. The largest absolute Gasteiger partial charge is 0.478 e. The molecule has 0 heterocycles. The summed E-state index contributed by atoms with van der Waals surface area (Å²) in [4.78, 5) is 10.7. The van der Waals surface area contributed by atoms with Gasteiger partial charge in [-0.15, -0.1) is 0 Å². The minimum Gasteiger partial charge on any atom is -0.478 e. The molecule has 106 valence electrons. The maximum Gasteiger partial charge on any atom is 0.335 e. The average molecular weight is 299 g/mol. The molecule has 0 aliphatic rings. The highest BCUT2D eigenvalue weighted by atomic mass is 32.1. The van der Waals surface area contributed by atoms with Gasteiger partial charge in [-0.3, -0.25) is 5.43 Å². The van der Waals surface area contributed by atoms with E-state index >= 15 is 0 Å². The van der Waals surface area contributed by atoms with E-state index in [4.69, 9.17) is 17.3 Å². The van der Waals surface area contributed by atoms with Gasteiger partial charge in [-0.2, -0.15) is 5.10 Å². The van der Waals surface area contributed by atoms with E-state index < -0.39 is 5.97 Å².